The van der Waals surface area contributed by atoms with Crippen molar-refractivity contribution >= 4 is 23.3 Å². The summed E-state index contributed by atoms with van der Waals surface area (Å²) >= 11 is 0. The Balaban J connectivity index is 2.23. The number of aryl methyl sites for hydroxylation is 1. The minimum Gasteiger partial charge on any atom is -0.450 e. The SMILES string of the molecule is C=C(C)OC(=O)Nc1ccc(Oc2ccnc(N)c2[N+](=O)[O-])c(C)c1. The summed E-state index contributed by atoms with van der Waals surface area (Å²) in [5.41, 5.74) is 6.23. The van der Waals surface area contributed by atoms with Gasteiger partial charge in [0, 0.05) is 18.0 Å². The predicted molar refractivity (Wildman–Crippen MR) is 91.5 cm³/mol. The van der Waals surface area contributed by atoms with E-state index in [2.05, 4.69) is 16.9 Å². The van der Waals surface area contributed by atoms with Crippen LogP contribution in [0, 0.1) is 17.0 Å². The highest BCUT2D eigenvalue weighted by Gasteiger charge is 2.21. The predicted octanol–water partition coefficient (Wildman–Crippen LogP) is 3.75. The van der Waals surface area contributed by atoms with Gasteiger partial charge in [0.05, 0.1) is 10.7 Å². The molecule has 1 amide bonds. The zero-order chi connectivity index (χ0) is 18.6. The Hall–Kier alpha value is -3.62. The van der Waals surface area contributed by atoms with Gasteiger partial charge in [-0.2, -0.15) is 0 Å². The number of pyridine rings is 1. The molecule has 1 aromatic carbocycles. The molecule has 2 aromatic rings. The highest BCUT2D eigenvalue weighted by molar-refractivity contribution is 5.85. The van der Waals surface area contributed by atoms with Crippen molar-refractivity contribution in [2.75, 3.05) is 11.1 Å². The third-order valence-electron chi connectivity index (χ3n) is 3.01. The van der Waals surface area contributed by atoms with Crippen molar-refractivity contribution in [3.8, 4) is 11.5 Å². The van der Waals surface area contributed by atoms with E-state index in [1.54, 1.807) is 32.0 Å². The lowest BCUT2D eigenvalue weighted by atomic mass is 10.2. The Labute approximate surface area is 143 Å². The van der Waals surface area contributed by atoms with Crippen molar-refractivity contribution in [1.82, 2.24) is 4.98 Å². The molecule has 130 valence electrons. The summed E-state index contributed by atoms with van der Waals surface area (Å²) in [6, 6.07) is 6.11. The summed E-state index contributed by atoms with van der Waals surface area (Å²) < 4.78 is 10.4. The van der Waals surface area contributed by atoms with Crippen LogP contribution in [0.1, 0.15) is 12.5 Å². The average Bonchev–Trinajstić information content (AvgIpc) is 2.48. The van der Waals surface area contributed by atoms with E-state index in [1.165, 1.54) is 12.3 Å². The number of hydrogen-bond acceptors (Lipinski definition) is 7. The van der Waals surface area contributed by atoms with Gasteiger partial charge >= 0.3 is 11.8 Å². The number of carbonyl (C=O) groups excluding carboxylic acids is 1. The van der Waals surface area contributed by atoms with Crippen molar-refractivity contribution in [3.63, 3.8) is 0 Å². The van der Waals surface area contributed by atoms with Crippen molar-refractivity contribution in [3.05, 3.63) is 58.5 Å². The number of hydrogen-bond donors (Lipinski definition) is 2. The largest absolute Gasteiger partial charge is 0.450 e. The van der Waals surface area contributed by atoms with Gasteiger partial charge in [0.2, 0.25) is 11.6 Å². The smallest absolute Gasteiger partial charge is 0.416 e. The maximum absolute atomic E-state index is 11.5. The zero-order valence-electron chi connectivity index (χ0n) is 13.6. The van der Waals surface area contributed by atoms with Crippen LogP contribution in [0.4, 0.5) is 22.0 Å². The summed E-state index contributed by atoms with van der Waals surface area (Å²) in [6.45, 7) is 6.75. The van der Waals surface area contributed by atoms with E-state index in [0.29, 0.717) is 17.0 Å². The molecule has 0 saturated carbocycles. The highest BCUT2D eigenvalue weighted by Crippen LogP contribution is 2.36. The first-order valence-electron chi connectivity index (χ1n) is 7.09. The minimum atomic E-state index is -0.668. The van der Waals surface area contributed by atoms with Crippen LogP contribution in [0.15, 0.2) is 42.8 Å². The Morgan fingerprint density at radius 1 is 1.36 bits per heavy atom. The standard InChI is InChI=1S/C16H16N4O5/c1-9(2)24-16(21)19-11-4-5-12(10(3)8-11)25-13-6-7-18-15(17)14(13)20(22)23/h4-8H,1H2,2-3H3,(H2,17,18)(H,19,21). The number of anilines is 2. The number of rotatable bonds is 5. The van der Waals surface area contributed by atoms with Gasteiger partial charge < -0.3 is 15.2 Å². The summed E-state index contributed by atoms with van der Waals surface area (Å²) in [5.74, 6) is 0.369. The van der Waals surface area contributed by atoms with E-state index >= 15 is 0 Å². The molecular weight excluding hydrogens is 328 g/mol. The Kier molecular flexibility index (Phi) is 5.18. The number of nitrogens with one attached hydrogen (secondary N) is 1. The van der Waals surface area contributed by atoms with Gasteiger partial charge in [0.25, 0.3) is 0 Å². The first kappa shape index (κ1) is 17.7. The van der Waals surface area contributed by atoms with Crippen LogP contribution >= 0.6 is 0 Å². The number of allylic oxidation sites excluding steroid dienone is 1. The molecule has 1 heterocycles. The number of nitrogens with zero attached hydrogens (tertiary/aromatic N) is 2. The van der Waals surface area contributed by atoms with Gasteiger partial charge in [-0.3, -0.25) is 15.4 Å². The third-order valence-corrected chi connectivity index (χ3v) is 3.01. The Bertz CT molecular complexity index is 850. The fraction of sp³-hybridized carbons (Fsp3) is 0.125. The summed E-state index contributed by atoms with van der Waals surface area (Å²) in [7, 11) is 0. The second kappa shape index (κ2) is 7.30. The molecule has 0 spiro atoms. The zero-order valence-corrected chi connectivity index (χ0v) is 13.6. The molecule has 1 aromatic heterocycles. The van der Waals surface area contributed by atoms with Crippen LogP contribution in [0.3, 0.4) is 0 Å². The molecule has 0 radical (unpaired) electrons. The fourth-order valence-electron chi connectivity index (χ4n) is 1.98. The maximum Gasteiger partial charge on any atom is 0.416 e. The van der Waals surface area contributed by atoms with E-state index in [4.69, 9.17) is 15.2 Å². The Morgan fingerprint density at radius 2 is 2.08 bits per heavy atom. The summed E-state index contributed by atoms with van der Waals surface area (Å²) in [4.78, 5) is 25.7. The van der Waals surface area contributed by atoms with Gasteiger partial charge in [-0.05, 0) is 37.6 Å². The quantitative estimate of drug-likeness (QED) is 0.480. The van der Waals surface area contributed by atoms with E-state index in [1.807, 2.05) is 0 Å². The first-order valence-corrected chi connectivity index (χ1v) is 7.09. The number of ether oxygens (including phenoxy) is 2. The molecule has 0 aliphatic heterocycles. The fourth-order valence-corrected chi connectivity index (χ4v) is 1.98. The highest BCUT2D eigenvalue weighted by atomic mass is 16.6. The van der Waals surface area contributed by atoms with E-state index in [9.17, 15) is 14.9 Å². The lowest BCUT2D eigenvalue weighted by Crippen LogP contribution is -2.12. The number of amides is 1. The van der Waals surface area contributed by atoms with Crippen molar-refractivity contribution < 1.29 is 19.2 Å². The number of nitro groups is 1. The van der Waals surface area contributed by atoms with Crippen LogP contribution in [-0.4, -0.2) is 16.0 Å². The first-order chi connectivity index (χ1) is 11.8. The van der Waals surface area contributed by atoms with E-state index in [-0.39, 0.29) is 17.3 Å². The van der Waals surface area contributed by atoms with Crippen LogP contribution in [0.5, 0.6) is 11.5 Å². The molecule has 0 fully saturated rings. The number of nitrogens with two attached hydrogens (primary N) is 1. The van der Waals surface area contributed by atoms with Crippen LogP contribution in [0.25, 0.3) is 0 Å². The molecular formula is C16H16N4O5. The normalized spacial score (nSPS) is 10.0. The van der Waals surface area contributed by atoms with Crippen molar-refractivity contribution in [2.24, 2.45) is 0 Å². The monoisotopic (exact) mass is 344 g/mol. The van der Waals surface area contributed by atoms with Gasteiger partial charge in [-0.1, -0.05) is 6.58 Å². The van der Waals surface area contributed by atoms with Gasteiger partial charge in [-0.25, -0.2) is 9.78 Å². The second-order valence-electron chi connectivity index (χ2n) is 5.10. The number of aromatic nitrogens is 1. The molecule has 0 aliphatic rings. The molecule has 9 heteroatoms. The molecule has 0 unspecified atom stereocenters. The average molecular weight is 344 g/mol. The van der Waals surface area contributed by atoms with Crippen LogP contribution in [0.2, 0.25) is 0 Å². The lowest BCUT2D eigenvalue weighted by molar-refractivity contribution is -0.384. The maximum atomic E-state index is 11.5. The topological polar surface area (TPSA) is 130 Å². The molecule has 0 bridgehead atoms. The molecule has 0 atom stereocenters. The molecule has 0 aliphatic carbocycles. The third kappa shape index (κ3) is 4.44. The lowest BCUT2D eigenvalue weighted by Gasteiger charge is -2.11. The van der Waals surface area contributed by atoms with E-state index < -0.39 is 16.7 Å². The van der Waals surface area contributed by atoms with Gasteiger partial charge in [0.1, 0.15) is 5.75 Å². The van der Waals surface area contributed by atoms with Crippen LogP contribution in [-0.2, 0) is 4.74 Å². The number of carbonyl (C=O) groups is 1. The van der Waals surface area contributed by atoms with Crippen molar-refractivity contribution in [2.45, 2.75) is 13.8 Å². The molecule has 2 rings (SSSR count). The summed E-state index contributed by atoms with van der Waals surface area (Å²) in [5, 5.41) is 13.6. The summed E-state index contributed by atoms with van der Waals surface area (Å²) in [6.07, 6.45) is 0.648. The number of benzene rings is 1. The van der Waals surface area contributed by atoms with Gasteiger partial charge in [-0.15, -0.1) is 0 Å². The molecule has 3 N–H and O–H groups in total. The minimum absolute atomic E-state index is 0.0250. The molecule has 9 nitrogen and oxygen atoms in total. The van der Waals surface area contributed by atoms with Crippen molar-refractivity contribution in [1.29, 1.82) is 0 Å². The number of nitrogen functional groups attached to an aromatic ring is 1. The van der Waals surface area contributed by atoms with Gasteiger partial charge in [0.15, 0.2) is 0 Å². The van der Waals surface area contributed by atoms with Crippen LogP contribution < -0.4 is 15.8 Å². The van der Waals surface area contributed by atoms with E-state index in [0.717, 1.165) is 0 Å². The Morgan fingerprint density at radius 3 is 2.68 bits per heavy atom. The molecule has 25 heavy (non-hydrogen) atoms. The second-order valence-corrected chi connectivity index (χ2v) is 5.10. The molecule has 0 saturated heterocycles.